The summed E-state index contributed by atoms with van der Waals surface area (Å²) in [6, 6.07) is 3.97. The van der Waals surface area contributed by atoms with E-state index in [1.807, 2.05) is 0 Å². The summed E-state index contributed by atoms with van der Waals surface area (Å²) in [5, 5.41) is 19.9. The van der Waals surface area contributed by atoms with E-state index >= 15 is 0 Å². The Kier molecular flexibility index (Phi) is 5.30. The first-order valence-electron chi connectivity index (χ1n) is 6.32. The average molecular weight is 317 g/mol. The van der Waals surface area contributed by atoms with E-state index in [0.29, 0.717) is 5.56 Å². The van der Waals surface area contributed by atoms with Crippen LogP contribution in [0.3, 0.4) is 0 Å². The third-order valence-electron chi connectivity index (χ3n) is 2.95. The van der Waals surface area contributed by atoms with Crippen LogP contribution in [0.15, 0.2) is 18.2 Å². The third-order valence-corrected chi connectivity index (χ3v) is 5.52. The maximum absolute atomic E-state index is 11.9. The summed E-state index contributed by atoms with van der Waals surface area (Å²) >= 11 is 0. The molecular weight excluding hydrogens is 298 g/mol. The Morgan fingerprint density at radius 3 is 2.43 bits per heavy atom. The molecule has 0 bridgehead atoms. The lowest BCUT2D eigenvalue weighted by molar-refractivity contribution is -0.385. The number of sulfone groups is 1. The van der Waals surface area contributed by atoms with E-state index in [0.717, 1.165) is 0 Å². The molecule has 0 heterocycles. The Bertz CT molecular complexity index is 618. The molecule has 1 aromatic rings. The van der Waals surface area contributed by atoms with Gasteiger partial charge in [-0.2, -0.15) is 0 Å². The first-order chi connectivity index (χ1) is 9.58. The van der Waals surface area contributed by atoms with Gasteiger partial charge >= 0.3 is 5.69 Å². The van der Waals surface area contributed by atoms with Gasteiger partial charge in [-0.25, -0.2) is 8.42 Å². The van der Waals surface area contributed by atoms with Crippen LogP contribution in [0, 0.1) is 10.1 Å². The third kappa shape index (κ3) is 4.40. The fourth-order valence-electron chi connectivity index (χ4n) is 1.49. The Labute approximate surface area is 123 Å². The maximum atomic E-state index is 11.9. The predicted octanol–water partition coefficient (Wildman–Crippen LogP) is 1.68. The largest absolute Gasteiger partial charge is 0.486 e. The number of aliphatic hydroxyl groups is 1. The molecule has 118 valence electrons. The highest BCUT2D eigenvalue weighted by atomic mass is 32.2. The Balaban J connectivity index is 2.86. The van der Waals surface area contributed by atoms with E-state index in [9.17, 15) is 18.5 Å². The average Bonchev–Trinajstić information content (AvgIpc) is 2.36. The molecule has 0 aliphatic carbocycles. The van der Waals surface area contributed by atoms with Gasteiger partial charge in [-0.05, 0) is 38.5 Å². The van der Waals surface area contributed by atoms with E-state index in [1.54, 1.807) is 20.8 Å². The SMILES string of the molecule is CC(C)(C)S(=O)(=O)CCOc1cc(CO)ccc1[N+](=O)[O-]. The number of aliphatic hydroxyl groups excluding tert-OH is 1. The molecule has 1 rings (SSSR count). The van der Waals surface area contributed by atoms with Crippen LogP contribution in [0.4, 0.5) is 5.69 Å². The molecule has 0 saturated heterocycles. The molecule has 0 unspecified atom stereocenters. The molecule has 0 amide bonds. The van der Waals surface area contributed by atoms with Gasteiger partial charge in [0.15, 0.2) is 15.6 Å². The molecule has 0 atom stereocenters. The lowest BCUT2D eigenvalue weighted by atomic mass is 10.2. The fraction of sp³-hybridized carbons (Fsp3) is 0.538. The quantitative estimate of drug-likeness (QED) is 0.632. The van der Waals surface area contributed by atoms with E-state index in [4.69, 9.17) is 9.84 Å². The minimum Gasteiger partial charge on any atom is -0.486 e. The van der Waals surface area contributed by atoms with Crippen LogP contribution >= 0.6 is 0 Å². The highest BCUT2D eigenvalue weighted by Gasteiger charge is 2.29. The van der Waals surface area contributed by atoms with Crippen molar-refractivity contribution in [1.82, 2.24) is 0 Å². The molecule has 8 heteroatoms. The van der Waals surface area contributed by atoms with E-state index in [-0.39, 0.29) is 30.4 Å². The summed E-state index contributed by atoms with van der Waals surface area (Å²) in [5.74, 6) is -0.285. The molecule has 1 N–H and O–H groups in total. The van der Waals surface area contributed by atoms with Crippen molar-refractivity contribution in [3.05, 3.63) is 33.9 Å². The first kappa shape index (κ1) is 17.4. The zero-order valence-electron chi connectivity index (χ0n) is 12.2. The molecule has 0 saturated carbocycles. The van der Waals surface area contributed by atoms with Crippen LogP contribution in [0.1, 0.15) is 26.3 Å². The van der Waals surface area contributed by atoms with E-state index in [2.05, 4.69) is 0 Å². The molecule has 7 nitrogen and oxygen atoms in total. The minimum atomic E-state index is -3.36. The lowest BCUT2D eigenvalue weighted by Crippen LogP contribution is -2.32. The molecule has 0 aliphatic heterocycles. The van der Waals surface area contributed by atoms with Crippen molar-refractivity contribution >= 4 is 15.5 Å². The van der Waals surface area contributed by atoms with Gasteiger partial charge in [-0.1, -0.05) is 0 Å². The van der Waals surface area contributed by atoms with Gasteiger partial charge in [-0.3, -0.25) is 10.1 Å². The van der Waals surface area contributed by atoms with E-state index < -0.39 is 19.5 Å². The van der Waals surface area contributed by atoms with E-state index in [1.165, 1.54) is 18.2 Å². The summed E-state index contributed by atoms with van der Waals surface area (Å²) in [5.41, 5.74) is 0.189. The second kappa shape index (κ2) is 6.40. The highest BCUT2D eigenvalue weighted by molar-refractivity contribution is 7.92. The number of hydrogen-bond donors (Lipinski definition) is 1. The van der Waals surface area contributed by atoms with Crippen molar-refractivity contribution in [1.29, 1.82) is 0 Å². The van der Waals surface area contributed by atoms with Crippen molar-refractivity contribution in [2.24, 2.45) is 0 Å². The molecular formula is C13H19NO6S. The Hall–Kier alpha value is -1.67. The number of nitrogens with zero attached hydrogens (tertiary/aromatic N) is 1. The number of rotatable bonds is 6. The van der Waals surface area contributed by atoms with Gasteiger partial charge in [0.05, 0.1) is 22.0 Å². The van der Waals surface area contributed by atoms with Crippen molar-refractivity contribution in [2.75, 3.05) is 12.4 Å². The molecule has 0 fully saturated rings. The predicted molar refractivity (Wildman–Crippen MR) is 78.1 cm³/mol. The number of nitro benzene ring substituents is 1. The van der Waals surface area contributed by atoms with Gasteiger partial charge in [0.1, 0.15) is 6.61 Å². The monoisotopic (exact) mass is 317 g/mol. The van der Waals surface area contributed by atoms with Gasteiger partial charge in [0.25, 0.3) is 0 Å². The maximum Gasteiger partial charge on any atom is 0.310 e. The second-order valence-corrected chi connectivity index (χ2v) is 8.36. The standard InChI is InChI=1S/C13H19NO6S/c1-13(2,3)21(18,19)7-6-20-12-8-10(9-15)4-5-11(12)14(16)17/h4-5,8,15H,6-7,9H2,1-3H3. The molecule has 21 heavy (non-hydrogen) atoms. The number of hydrogen-bond acceptors (Lipinski definition) is 6. The smallest absolute Gasteiger partial charge is 0.310 e. The molecule has 0 aliphatic rings. The summed E-state index contributed by atoms with van der Waals surface area (Å²) in [7, 11) is -3.36. The van der Waals surface area contributed by atoms with Gasteiger partial charge in [0.2, 0.25) is 0 Å². The van der Waals surface area contributed by atoms with Crippen molar-refractivity contribution < 1.29 is 23.2 Å². The fourth-order valence-corrected chi connectivity index (χ4v) is 2.41. The summed E-state index contributed by atoms with van der Waals surface area (Å²) in [6.45, 7) is 4.27. The van der Waals surface area contributed by atoms with Gasteiger partial charge in [0, 0.05) is 6.07 Å². The van der Waals surface area contributed by atoms with Crippen LogP contribution in [-0.2, 0) is 16.4 Å². The Morgan fingerprint density at radius 2 is 1.95 bits per heavy atom. The van der Waals surface area contributed by atoms with Crippen LogP contribution in [0.25, 0.3) is 0 Å². The number of nitro groups is 1. The zero-order chi connectivity index (χ0) is 16.3. The Morgan fingerprint density at radius 1 is 1.33 bits per heavy atom. The topological polar surface area (TPSA) is 107 Å². The van der Waals surface area contributed by atoms with Crippen LogP contribution in [-0.4, -0.2) is 35.6 Å². The molecule has 1 aromatic carbocycles. The highest BCUT2D eigenvalue weighted by Crippen LogP contribution is 2.28. The van der Waals surface area contributed by atoms with Crippen LogP contribution < -0.4 is 4.74 Å². The first-order valence-corrected chi connectivity index (χ1v) is 7.97. The zero-order valence-corrected chi connectivity index (χ0v) is 13.0. The molecule has 0 radical (unpaired) electrons. The number of benzene rings is 1. The minimum absolute atomic E-state index is 0.0457. The molecule has 0 spiro atoms. The van der Waals surface area contributed by atoms with Crippen molar-refractivity contribution in [3.8, 4) is 5.75 Å². The second-order valence-electron chi connectivity index (χ2n) is 5.50. The van der Waals surface area contributed by atoms with Crippen molar-refractivity contribution in [3.63, 3.8) is 0 Å². The van der Waals surface area contributed by atoms with Crippen LogP contribution in [0.2, 0.25) is 0 Å². The summed E-state index contributed by atoms with van der Waals surface area (Å²) in [4.78, 5) is 10.3. The number of ether oxygens (including phenoxy) is 1. The van der Waals surface area contributed by atoms with Gasteiger partial charge in [-0.15, -0.1) is 0 Å². The van der Waals surface area contributed by atoms with Crippen LogP contribution in [0.5, 0.6) is 5.75 Å². The van der Waals surface area contributed by atoms with Crippen molar-refractivity contribution in [2.45, 2.75) is 32.1 Å². The summed E-state index contributed by atoms with van der Waals surface area (Å²) < 4.78 is 28.2. The molecule has 0 aromatic heterocycles. The normalized spacial score (nSPS) is 12.2. The van der Waals surface area contributed by atoms with Gasteiger partial charge < -0.3 is 9.84 Å². The lowest BCUT2D eigenvalue weighted by Gasteiger charge is -2.19. The summed E-state index contributed by atoms with van der Waals surface area (Å²) in [6.07, 6.45) is 0.